The number of nitrogens with zero attached hydrogens (tertiary/aromatic N) is 3. The number of carbonyl (C=O) groups is 2. The Labute approximate surface area is 256 Å². The normalized spacial score (nSPS) is 17.2. The number of ketones is 1. The summed E-state index contributed by atoms with van der Waals surface area (Å²) in [7, 11) is 0. The third kappa shape index (κ3) is 5.86. The van der Waals surface area contributed by atoms with E-state index in [9.17, 15) is 14.7 Å². The molecule has 43 heavy (non-hydrogen) atoms. The van der Waals surface area contributed by atoms with Crippen LogP contribution in [0.3, 0.4) is 0 Å². The van der Waals surface area contributed by atoms with Crippen LogP contribution >= 0.6 is 23.1 Å². The number of aryl methyl sites for hydroxylation is 1. The average Bonchev–Trinajstić information content (AvgIpc) is 3.61. The minimum atomic E-state index is -0.983. The van der Waals surface area contributed by atoms with Gasteiger partial charge in [-0.25, -0.2) is 0 Å². The first-order valence-electron chi connectivity index (χ1n) is 13.5. The predicted molar refractivity (Wildman–Crippen MR) is 165 cm³/mol. The Hall–Kier alpha value is -4.61. The second-order valence-electron chi connectivity index (χ2n) is 9.82. The predicted octanol–water partition coefficient (Wildman–Crippen LogP) is 6.10. The molecule has 2 aliphatic heterocycles. The Kier molecular flexibility index (Phi) is 8.17. The van der Waals surface area contributed by atoms with Crippen LogP contribution in [0.4, 0.5) is 5.13 Å². The molecule has 0 spiro atoms. The fourth-order valence-electron chi connectivity index (χ4n) is 4.81. The summed E-state index contributed by atoms with van der Waals surface area (Å²) in [5, 5.41) is 20.4. The highest BCUT2D eigenvalue weighted by atomic mass is 32.2. The molecule has 1 unspecified atom stereocenters. The number of amides is 1. The van der Waals surface area contributed by atoms with Gasteiger partial charge in [-0.3, -0.25) is 14.5 Å². The van der Waals surface area contributed by atoms with Gasteiger partial charge in [-0.2, -0.15) is 0 Å². The van der Waals surface area contributed by atoms with Gasteiger partial charge in [-0.15, -0.1) is 10.2 Å². The molecule has 0 bridgehead atoms. The van der Waals surface area contributed by atoms with E-state index in [2.05, 4.69) is 41.0 Å². The number of benzene rings is 3. The summed E-state index contributed by atoms with van der Waals surface area (Å²) in [5.41, 5.74) is 3.11. The molecule has 218 valence electrons. The largest absolute Gasteiger partial charge is 0.507 e. The van der Waals surface area contributed by atoms with Crippen molar-refractivity contribution in [3.8, 4) is 17.2 Å². The maximum absolute atomic E-state index is 13.6. The van der Waals surface area contributed by atoms with E-state index in [1.54, 1.807) is 48.5 Å². The van der Waals surface area contributed by atoms with E-state index in [1.165, 1.54) is 33.6 Å². The van der Waals surface area contributed by atoms with Crippen molar-refractivity contribution in [3.05, 3.63) is 107 Å². The Balaban J connectivity index is 1.39. The number of hydrogen-bond acceptors (Lipinski definition) is 10. The number of fused-ring (bicyclic) bond motifs is 1. The molecule has 11 heteroatoms. The average molecular weight is 614 g/mol. The fourth-order valence-corrected chi connectivity index (χ4v) is 6.63. The lowest BCUT2D eigenvalue weighted by molar-refractivity contribution is -0.132. The Morgan fingerprint density at radius 2 is 1.88 bits per heavy atom. The molecule has 3 aromatic carbocycles. The molecular weight excluding hydrogens is 587 g/mol. The van der Waals surface area contributed by atoms with Crippen molar-refractivity contribution in [2.45, 2.75) is 23.1 Å². The molecule has 1 N–H and O–H groups in total. The smallest absolute Gasteiger partial charge is 0.301 e. The van der Waals surface area contributed by atoms with Gasteiger partial charge in [-0.05, 0) is 48.4 Å². The van der Waals surface area contributed by atoms with Crippen LogP contribution in [0.5, 0.6) is 17.2 Å². The molecule has 1 saturated heterocycles. The zero-order valence-electron chi connectivity index (χ0n) is 23.2. The maximum Gasteiger partial charge on any atom is 0.301 e. The van der Waals surface area contributed by atoms with E-state index in [-0.39, 0.29) is 23.1 Å². The van der Waals surface area contributed by atoms with Crippen LogP contribution in [0.1, 0.15) is 28.3 Å². The van der Waals surface area contributed by atoms with Gasteiger partial charge in [0.2, 0.25) is 5.13 Å². The van der Waals surface area contributed by atoms with Gasteiger partial charge in [0.1, 0.15) is 31.3 Å². The van der Waals surface area contributed by atoms with Gasteiger partial charge >= 0.3 is 5.91 Å². The lowest BCUT2D eigenvalue weighted by atomic mass is 9.95. The third-order valence-electron chi connectivity index (χ3n) is 6.89. The summed E-state index contributed by atoms with van der Waals surface area (Å²) in [5.74, 6) is 0.195. The first-order chi connectivity index (χ1) is 20.9. The molecule has 9 nitrogen and oxygen atoms in total. The van der Waals surface area contributed by atoms with Crippen molar-refractivity contribution in [2.75, 3.05) is 24.7 Å². The molecule has 6 rings (SSSR count). The minimum Gasteiger partial charge on any atom is -0.507 e. The van der Waals surface area contributed by atoms with Crippen molar-refractivity contribution >= 4 is 45.7 Å². The number of aliphatic hydroxyl groups excluding tert-OH is 1. The van der Waals surface area contributed by atoms with Crippen LogP contribution in [-0.2, 0) is 15.3 Å². The van der Waals surface area contributed by atoms with Gasteiger partial charge in [0, 0.05) is 11.3 Å². The van der Waals surface area contributed by atoms with E-state index < -0.39 is 17.7 Å². The van der Waals surface area contributed by atoms with Crippen molar-refractivity contribution in [1.82, 2.24) is 10.2 Å². The molecule has 0 aliphatic carbocycles. The molecule has 4 aromatic rings. The second-order valence-corrected chi connectivity index (χ2v) is 12.0. The van der Waals surface area contributed by atoms with E-state index in [0.29, 0.717) is 51.7 Å². The van der Waals surface area contributed by atoms with Gasteiger partial charge in [0.15, 0.2) is 15.8 Å². The van der Waals surface area contributed by atoms with Crippen LogP contribution in [0.15, 0.2) is 89.3 Å². The monoisotopic (exact) mass is 613 g/mol. The third-order valence-corrected chi connectivity index (χ3v) is 9.01. The van der Waals surface area contributed by atoms with Crippen LogP contribution in [-0.4, -0.2) is 46.8 Å². The number of Topliss-reactive ketones (excluding diaryl/α,β-unsaturated/α-hetero) is 1. The lowest BCUT2D eigenvalue weighted by Crippen LogP contribution is -2.29. The number of carbonyl (C=O) groups excluding carboxylic acids is 2. The number of hydrogen-bond donors (Lipinski definition) is 1. The highest BCUT2D eigenvalue weighted by molar-refractivity contribution is 8.00. The number of ether oxygens (including phenoxy) is 3. The van der Waals surface area contributed by atoms with Gasteiger partial charge in [0.05, 0.1) is 11.6 Å². The first kappa shape index (κ1) is 28.5. The number of aromatic nitrogens is 2. The Morgan fingerprint density at radius 1 is 1.09 bits per heavy atom. The summed E-state index contributed by atoms with van der Waals surface area (Å²) in [6, 6.07) is 19.2. The molecule has 2 aliphatic rings. The first-order valence-corrected chi connectivity index (χ1v) is 15.3. The van der Waals surface area contributed by atoms with Gasteiger partial charge in [-0.1, -0.05) is 77.7 Å². The van der Waals surface area contributed by atoms with E-state index in [0.717, 1.165) is 5.56 Å². The molecule has 1 atom stereocenters. The molecule has 3 heterocycles. The number of thioether (sulfide) groups is 1. The highest BCUT2D eigenvalue weighted by Gasteiger charge is 2.48. The molecular formula is C32H27N3O6S2. The zero-order valence-corrected chi connectivity index (χ0v) is 24.8. The molecule has 1 fully saturated rings. The van der Waals surface area contributed by atoms with Crippen molar-refractivity contribution in [1.29, 1.82) is 0 Å². The quantitative estimate of drug-likeness (QED) is 0.0598. The van der Waals surface area contributed by atoms with Crippen LogP contribution in [0.2, 0.25) is 0 Å². The highest BCUT2D eigenvalue weighted by Crippen LogP contribution is 2.45. The van der Waals surface area contributed by atoms with Crippen molar-refractivity contribution < 1.29 is 28.9 Å². The van der Waals surface area contributed by atoms with E-state index >= 15 is 0 Å². The lowest BCUT2D eigenvalue weighted by Gasteiger charge is -2.23. The molecule has 0 saturated carbocycles. The van der Waals surface area contributed by atoms with Crippen LogP contribution in [0, 0.1) is 6.92 Å². The minimum absolute atomic E-state index is 0.0772. The molecule has 1 aromatic heterocycles. The van der Waals surface area contributed by atoms with Crippen molar-refractivity contribution in [3.63, 3.8) is 0 Å². The number of aliphatic hydroxyl groups is 1. The van der Waals surface area contributed by atoms with Gasteiger partial charge in [0.25, 0.3) is 5.78 Å². The summed E-state index contributed by atoms with van der Waals surface area (Å²) in [6.07, 6.45) is 1.62. The molecule has 0 radical (unpaired) electrons. The summed E-state index contributed by atoms with van der Waals surface area (Å²) in [4.78, 5) is 28.5. The fraction of sp³-hybridized carbons (Fsp3) is 0.188. The second kappa shape index (κ2) is 12.3. The number of rotatable bonds is 9. The summed E-state index contributed by atoms with van der Waals surface area (Å²) in [6.45, 7) is 6.78. The number of anilines is 1. The standard InChI is InChI=1S/C32H27N3O6S2/c1-3-13-39-23-6-4-5-21(16-23)27-26(28(36)22-11-12-24-25(17-22)41-15-14-40-24)29(37)30(38)35(27)31-33-34-32(43-31)42-18-20-9-7-19(2)8-10-20/h3-12,16-17,27,36H,1,13-15,18H2,2H3/b28-26+. The van der Waals surface area contributed by atoms with Crippen LogP contribution < -0.4 is 19.1 Å². The van der Waals surface area contributed by atoms with Crippen molar-refractivity contribution in [2.24, 2.45) is 0 Å². The summed E-state index contributed by atoms with van der Waals surface area (Å²) < 4.78 is 17.7. The Bertz CT molecular complexity index is 1730. The van der Waals surface area contributed by atoms with Gasteiger partial charge < -0.3 is 19.3 Å². The molecule has 1 amide bonds. The Morgan fingerprint density at radius 3 is 2.67 bits per heavy atom. The zero-order chi connectivity index (χ0) is 29.9. The maximum atomic E-state index is 13.6. The van der Waals surface area contributed by atoms with E-state index in [4.69, 9.17) is 14.2 Å². The van der Waals surface area contributed by atoms with E-state index in [1.807, 2.05) is 6.92 Å². The van der Waals surface area contributed by atoms with Crippen LogP contribution in [0.25, 0.3) is 5.76 Å². The summed E-state index contributed by atoms with van der Waals surface area (Å²) >= 11 is 2.70. The SMILES string of the molecule is C=CCOc1cccc(C2/C(=C(\O)c3ccc4c(c3)OCCO4)C(=O)C(=O)N2c2nnc(SCc3ccc(C)cc3)s2)c1. The topological polar surface area (TPSA) is 111 Å².